The van der Waals surface area contributed by atoms with E-state index in [2.05, 4.69) is 11.6 Å². The molecule has 3 aromatic rings. The third-order valence-corrected chi connectivity index (χ3v) is 4.12. The average Bonchev–Trinajstić information content (AvgIpc) is 3.09. The van der Waals surface area contributed by atoms with Crippen LogP contribution in [0, 0.1) is 0 Å². The minimum atomic E-state index is -1.04. The Kier molecular flexibility index (Phi) is 4.20. The van der Waals surface area contributed by atoms with Crippen LogP contribution in [-0.2, 0) is 4.79 Å². The summed E-state index contributed by atoms with van der Waals surface area (Å²) in [6.07, 6.45) is 2.06. The summed E-state index contributed by atoms with van der Waals surface area (Å²) in [6, 6.07) is 13.4. The number of nitrogens with zero attached hydrogens (tertiary/aromatic N) is 1. The van der Waals surface area contributed by atoms with Gasteiger partial charge in [-0.3, -0.25) is 4.79 Å². The quantitative estimate of drug-likeness (QED) is 0.510. The Morgan fingerprint density at radius 3 is 2.83 bits per heavy atom. The molecule has 3 rings (SSSR count). The Bertz CT molecular complexity index is 912. The largest absolute Gasteiger partial charge is 0.374 e. The van der Waals surface area contributed by atoms with Gasteiger partial charge >= 0.3 is 0 Å². The van der Waals surface area contributed by atoms with Crippen molar-refractivity contribution in [2.45, 2.75) is 6.23 Å². The standard InChI is InChI=1S/C19H19N3O2/c1-3-17(23)22(2)13-6-4-5-12(11-13)14-7-8-16(19(20)24)18-15(14)9-10-21-18/h3-11,19,21,24H,1,20H2,2H3. The number of aliphatic hydroxyl groups excluding tert-OH is 1. The topological polar surface area (TPSA) is 82.3 Å². The van der Waals surface area contributed by atoms with Crippen molar-refractivity contribution in [1.29, 1.82) is 0 Å². The maximum absolute atomic E-state index is 11.8. The fourth-order valence-electron chi connectivity index (χ4n) is 2.82. The van der Waals surface area contributed by atoms with Crippen molar-refractivity contribution in [2.24, 2.45) is 5.73 Å². The van der Waals surface area contributed by atoms with Gasteiger partial charge in [-0.2, -0.15) is 0 Å². The molecule has 0 spiro atoms. The van der Waals surface area contributed by atoms with Gasteiger partial charge in [-0.05, 0) is 35.4 Å². The molecule has 1 unspecified atom stereocenters. The van der Waals surface area contributed by atoms with E-state index in [0.717, 1.165) is 27.7 Å². The number of hydrogen-bond donors (Lipinski definition) is 3. The molecular formula is C19H19N3O2. The first kappa shape index (κ1) is 16.0. The Balaban J connectivity index is 2.12. The van der Waals surface area contributed by atoms with Crippen LogP contribution in [0.15, 0.2) is 61.3 Å². The fourth-order valence-corrected chi connectivity index (χ4v) is 2.82. The summed E-state index contributed by atoms with van der Waals surface area (Å²) >= 11 is 0. The Hall–Kier alpha value is -2.89. The molecule has 24 heavy (non-hydrogen) atoms. The average molecular weight is 321 g/mol. The van der Waals surface area contributed by atoms with Gasteiger partial charge < -0.3 is 20.7 Å². The molecular weight excluding hydrogens is 302 g/mol. The highest BCUT2D eigenvalue weighted by Crippen LogP contribution is 2.33. The first-order valence-electron chi connectivity index (χ1n) is 7.57. The molecule has 1 heterocycles. The number of rotatable bonds is 4. The molecule has 1 aromatic heterocycles. The normalized spacial score (nSPS) is 12.1. The highest BCUT2D eigenvalue weighted by atomic mass is 16.3. The molecule has 0 saturated heterocycles. The molecule has 0 fully saturated rings. The lowest BCUT2D eigenvalue weighted by Crippen LogP contribution is -2.23. The number of aliphatic hydroxyl groups is 1. The summed E-state index contributed by atoms with van der Waals surface area (Å²) in [4.78, 5) is 16.5. The fraction of sp³-hybridized carbons (Fsp3) is 0.105. The highest BCUT2D eigenvalue weighted by molar-refractivity contribution is 6.02. The first-order valence-corrected chi connectivity index (χ1v) is 7.57. The second-order valence-electron chi connectivity index (χ2n) is 5.57. The van der Waals surface area contributed by atoms with Crippen LogP contribution in [0.1, 0.15) is 11.8 Å². The van der Waals surface area contributed by atoms with Gasteiger partial charge in [0.05, 0.1) is 5.52 Å². The summed E-state index contributed by atoms with van der Waals surface area (Å²) in [6.45, 7) is 3.52. The van der Waals surface area contributed by atoms with E-state index in [1.807, 2.05) is 48.7 Å². The summed E-state index contributed by atoms with van der Waals surface area (Å²) in [5.74, 6) is -0.166. The molecule has 2 aromatic carbocycles. The molecule has 0 aliphatic carbocycles. The van der Waals surface area contributed by atoms with Crippen LogP contribution in [0.2, 0.25) is 0 Å². The highest BCUT2D eigenvalue weighted by Gasteiger charge is 2.13. The van der Waals surface area contributed by atoms with Crippen LogP contribution in [0.25, 0.3) is 22.0 Å². The van der Waals surface area contributed by atoms with Crippen molar-refractivity contribution < 1.29 is 9.90 Å². The van der Waals surface area contributed by atoms with Crippen LogP contribution in [-0.4, -0.2) is 23.0 Å². The predicted octanol–water partition coefficient (Wildman–Crippen LogP) is 2.93. The number of nitrogens with two attached hydrogens (primary N) is 1. The van der Waals surface area contributed by atoms with E-state index in [4.69, 9.17) is 5.73 Å². The van der Waals surface area contributed by atoms with Crippen molar-refractivity contribution in [3.8, 4) is 11.1 Å². The maximum atomic E-state index is 11.8. The minimum absolute atomic E-state index is 0.166. The molecule has 0 aliphatic heterocycles. The van der Waals surface area contributed by atoms with E-state index in [1.54, 1.807) is 11.9 Å². The molecule has 1 amide bonds. The predicted molar refractivity (Wildman–Crippen MR) is 96.5 cm³/mol. The zero-order valence-electron chi connectivity index (χ0n) is 13.4. The smallest absolute Gasteiger partial charge is 0.250 e. The molecule has 1 atom stereocenters. The van der Waals surface area contributed by atoms with E-state index >= 15 is 0 Å². The van der Waals surface area contributed by atoms with Crippen LogP contribution in [0.3, 0.4) is 0 Å². The van der Waals surface area contributed by atoms with Crippen LogP contribution < -0.4 is 10.6 Å². The maximum Gasteiger partial charge on any atom is 0.250 e. The first-order chi connectivity index (χ1) is 11.5. The summed E-state index contributed by atoms with van der Waals surface area (Å²) in [5.41, 5.74) is 9.83. The number of benzene rings is 2. The lowest BCUT2D eigenvalue weighted by atomic mass is 9.98. The third-order valence-electron chi connectivity index (χ3n) is 4.12. The number of nitrogens with one attached hydrogen (secondary N) is 1. The molecule has 0 aliphatic rings. The number of carbonyl (C=O) groups excluding carboxylic acids is 1. The number of aromatic amines is 1. The summed E-state index contributed by atoms with van der Waals surface area (Å²) in [7, 11) is 1.71. The van der Waals surface area contributed by atoms with Gasteiger partial charge in [-0.15, -0.1) is 0 Å². The molecule has 5 heteroatoms. The van der Waals surface area contributed by atoms with Gasteiger partial charge in [0, 0.05) is 29.9 Å². The number of aromatic nitrogens is 1. The van der Waals surface area contributed by atoms with E-state index < -0.39 is 6.23 Å². The lowest BCUT2D eigenvalue weighted by molar-refractivity contribution is -0.113. The number of amides is 1. The second-order valence-corrected chi connectivity index (χ2v) is 5.57. The van der Waals surface area contributed by atoms with Crippen molar-refractivity contribution in [3.63, 3.8) is 0 Å². The van der Waals surface area contributed by atoms with Crippen molar-refractivity contribution in [1.82, 2.24) is 4.98 Å². The van der Waals surface area contributed by atoms with Crippen LogP contribution in [0.5, 0.6) is 0 Å². The molecule has 0 saturated carbocycles. The molecule has 0 radical (unpaired) electrons. The lowest BCUT2D eigenvalue weighted by Gasteiger charge is -2.17. The monoisotopic (exact) mass is 321 g/mol. The van der Waals surface area contributed by atoms with Crippen LogP contribution >= 0.6 is 0 Å². The van der Waals surface area contributed by atoms with E-state index in [0.29, 0.717) is 5.56 Å². The molecule has 0 bridgehead atoms. The summed E-state index contributed by atoms with van der Waals surface area (Å²) in [5, 5.41) is 10.7. The number of H-pyrrole nitrogens is 1. The number of fused-ring (bicyclic) bond motifs is 1. The SMILES string of the molecule is C=CC(=O)N(C)c1cccc(-c2ccc(C(N)O)c3[nH]ccc23)c1. The van der Waals surface area contributed by atoms with E-state index in [9.17, 15) is 9.90 Å². The Morgan fingerprint density at radius 2 is 2.12 bits per heavy atom. The Morgan fingerprint density at radius 1 is 1.33 bits per heavy atom. The minimum Gasteiger partial charge on any atom is -0.374 e. The molecule has 5 nitrogen and oxygen atoms in total. The number of hydrogen-bond acceptors (Lipinski definition) is 3. The number of likely N-dealkylation sites (N-methyl/N-ethyl adjacent to an activating group) is 1. The molecule has 122 valence electrons. The number of anilines is 1. The zero-order valence-corrected chi connectivity index (χ0v) is 13.4. The number of carbonyl (C=O) groups is 1. The van der Waals surface area contributed by atoms with Gasteiger partial charge in [0.1, 0.15) is 6.23 Å². The van der Waals surface area contributed by atoms with Crippen molar-refractivity contribution >= 4 is 22.5 Å². The second kappa shape index (κ2) is 6.31. The van der Waals surface area contributed by atoms with E-state index in [-0.39, 0.29) is 5.91 Å². The van der Waals surface area contributed by atoms with Crippen molar-refractivity contribution in [3.05, 3.63) is 66.9 Å². The van der Waals surface area contributed by atoms with Gasteiger partial charge in [-0.1, -0.05) is 30.8 Å². The summed E-state index contributed by atoms with van der Waals surface area (Å²) < 4.78 is 0. The van der Waals surface area contributed by atoms with E-state index in [1.165, 1.54) is 6.08 Å². The van der Waals surface area contributed by atoms with Crippen molar-refractivity contribution in [2.75, 3.05) is 11.9 Å². The van der Waals surface area contributed by atoms with Crippen LogP contribution in [0.4, 0.5) is 5.69 Å². The van der Waals surface area contributed by atoms with Gasteiger partial charge in [0.2, 0.25) is 5.91 Å². The van der Waals surface area contributed by atoms with Gasteiger partial charge in [0.25, 0.3) is 0 Å². The van der Waals surface area contributed by atoms with Gasteiger partial charge in [-0.25, -0.2) is 0 Å². The zero-order chi connectivity index (χ0) is 17.3. The van der Waals surface area contributed by atoms with Gasteiger partial charge in [0.15, 0.2) is 0 Å². The Labute approximate surface area is 140 Å². The third kappa shape index (κ3) is 2.71. The molecule has 4 N–H and O–H groups in total.